The molecule has 0 aromatic heterocycles. The van der Waals surface area contributed by atoms with Crippen LogP contribution in [0.2, 0.25) is 5.02 Å². The maximum Gasteiger partial charge on any atom is 0.326 e. The summed E-state index contributed by atoms with van der Waals surface area (Å²) in [5, 5.41) is 9.34. The van der Waals surface area contributed by atoms with Crippen molar-refractivity contribution in [1.29, 1.82) is 0 Å². The van der Waals surface area contributed by atoms with E-state index in [4.69, 9.17) is 16.7 Å². The third-order valence-electron chi connectivity index (χ3n) is 2.79. The first kappa shape index (κ1) is 12.6. The molecular formula is C12H10ClNO4. The van der Waals surface area contributed by atoms with Crippen molar-refractivity contribution in [3.8, 4) is 0 Å². The van der Waals surface area contributed by atoms with E-state index in [2.05, 4.69) is 0 Å². The first-order chi connectivity index (χ1) is 8.50. The molecule has 0 saturated carbocycles. The minimum Gasteiger partial charge on any atom is -0.480 e. The summed E-state index contributed by atoms with van der Waals surface area (Å²) in [6, 6.07) is 5.00. The molecular weight excluding hydrogens is 258 g/mol. The fraction of sp³-hybridized carbons (Fsp3) is 0.250. The van der Waals surface area contributed by atoms with Gasteiger partial charge in [-0.2, -0.15) is 0 Å². The molecule has 18 heavy (non-hydrogen) atoms. The summed E-state index contributed by atoms with van der Waals surface area (Å²) in [6.45, 7) is 0. The Kier molecular flexibility index (Phi) is 3.34. The van der Waals surface area contributed by atoms with Gasteiger partial charge >= 0.3 is 5.97 Å². The molecule has 2 rings (SSSR count). The normalized spacial score (nSPS) is 19.1. The van der Waals surface area contributed by atoms with Gasteiger partial charge in [-0.25, -0.2) is 4.79 Å². The summed E-state index contributed by atoms with van der Waals surface area (Å²) in [5.74, 6) is -2.25. The number of carboxylic acid groups (broad SMARTS) is 1. The van der Waals surface area contributed by atoms with Crippen molar-refractivity contribution in [2.75, 3.05) is 0 Å². The molecule has 5 nitrogen and oxygen atoms in total. The Labute approximate surface area is 108 Å². The molecule has 6 heteroatoms. The SMILES string of the molecule is O=C(O)C1CCC(=O)N1C(=O)c1cccc(Cl)c1. The summed E-state index contributed by atoms with van der Waals surface area (Å²) in [4.78, 5) is 35.5. The molecule has 1 N–H and O–H groups in total. The molecule has 1 aliphatic rings. The second-order valence-electron chi connectivity index (χ2n) is 3.97. The molecule has 0 radical (unpaired) electrons. The van der Waals surface area contributed by atoms with Crippen molar-refractivity contribution in [3.63, 3.8) is 0 Å². The van der Waals surface area contributed by atoms with Crippen LogP contribution in [0.3, 0.4) is 0 Å². The van der Waals surface area contributed by atoms with Crippen molar-refractivity contribution >= 4 is 29.4 Å². The maximum atomic E-state index is 12.1. The number of amides is 2. The number of hydrogen-bond acceptors (Lipinski definition) is 3. The molecule has 1 atom stereocenters. The lowest BCUT2D eigenvalue weighted by molar-refractivity contribution is -0.144. The monoisotopic (exact) mass is 267 g/mol. The zero-order valence-electron chi connectivity index (χ0n) is 9.30. The van der Waals surface area contributed by atoms with Crippen molar-refractivity contribution in [1.82, 2.24) is 4.90 Å². The predicted molar refractivity (Wildman–Crippen MR) is 63.3 cm³/mol. The minimum absolute atomic E-state index is 0.0727. The van der Waals surface area contributed by atoms with E-state index in [0.717, 1.165) is 4.90 Å². The van der Waals surface area contributed by atoms with E-state index in [0.29, 0.717) is 5.02 Å². The molecule has 94 valence electrons. The molecule has 1 fully saturated rings. The Morgan fingerprint density at radius 2 is 2.11 bits per heavy atom. The quantitative estimate of drug-likeness (QED) is 0.825. The highest BCUT2D eigenvalue weighted by Crippen LogP contribution is 2.22. The molecule has 1 aromatic carbocycles. The van der Waals surface area contributed by atoms with Gasteiger partial charge in [0.1, 0.15) is 6.04 Å². The first-order valence-electron chi connectivity index (χ1n) is 5.35. The third-order valence-corrected chi connectivity index (χ3v) is 3.02. The van der Waals surface area contributed by atoms with E-state index in [1.54, 1.807) is 12.1 Å². The molecule has 1 saturated heterocycles. The standard InChI is InChI=1S/C12H10ClNO4/c13-8-3-1-2-7(6-8)11(16)14-9(12(17)18)4-5-10(14)15/h1-3,6,9H,4-5H2,(H,17,18). The number of likely N-dealkylation sites (tertiary alicyclic amines) is 1. The van der Waals surface area contributed by atoms with Gasteiger partial charge in [-0.05, 0) is 24.6 Å². The number of benzene rings is 1. The van der Waals surface area contributed by atoms with Gasteiger partial charge in [0.2, 0.25) is 5.91 Å². The van der Waals surface area contributed by atoms with Crippen molar-refractivity contribution in [2.24, 2.45) is 0 Å². The summed E-state index contributed by atoms with van der Waals surface area (Å²) >= 11 is 5.76. The fourth-order valence-corrected chi connectivity index (χ4v) is 2.12. The summed E-state index contributed by atoms with van der Waals surface area (Å²) in [7, 11) is 0. The number of hydrogen-bond donors (Lipinski definition) is 1. The lowest BCUT2D eigenvalue weighted by Crippen LogP contribution is -2.42. The number of carboxylic acids is 1. The third kappa shape index (κ3) is 2.22. The Hall–Kier alpha value is -1.88. The van der Waals surface area contributed by atoms with Crippen molar-refractivity contribution < 1.29 is 19.5 Å². The number of imide groups is 1. The average Bonchev–Trinajstić information content (AvgIpc) is 2.70. The molecule has 0 aliphatic carbocycles. The number of nitrogens with zero attached hydrogens (tertiary/aromatic N) is 1. The largest absolute Gasteiger partial charge is 0.480 e. The van der Waals surface area contributed by atoms with Gasteiger partial charge in [0, 0.05) is 17.0 Å². The Morgan fingerprint density at radius 1 is 1.39 bits per heavy atom. The summed E-state index contributed by atoms with van der Waals surface area (Å²) in [6.07, 6.45) is 0.226. The van der Waals surface area contributed by atoms with Crippen LogP contribution in [0.5, 0.6) is 0 Å². The maximum absolute atomic E-state index is 12.1. The number of rotatable bonds is 2. The van der Waals surface area contributed by atoms with Crippen LogP contribution >= 0.6 is 11.6 Å². The van der Waals surface area contributed by atoms with Crippen LogP contribution in [-0.2, 0) is 9.59 Å². The van der Waals surface area contributed by atoms with Crippen LogP contribution in [0.4, 0.5) is 0 Å². The van der Waals surface area contributed by atoms with Crippen LogP contribution in [0.1, 0.15) is 23.2 Å². The number of carbonyl (C=O) groups excluding carboxylic acids is 2. The fourth-order valence-electron chi connectivity index (χ4n) is 1.93. The number of halogens is 1. The molecule has 1 unspecified atom stereocenters. The first-order valence-corrected chi connectivity index (χ1v) is 5.73. The van der Waals surface area contributed by atoms with Gasteiger partial charge < -0.3 is 5.11 Å². The van der Waals surface area contributed by atoms with Gasteiger partial charge in [-0.1, -0.05) is 17.7 Å². The van der Waals surface area contributed by atoms with Crippen molar-refractivity contribution in [2.45, 2.75) is 18.9 Å². The van der Waals surface area contributed by atoms with Crippen LogP contribution < -0.4 is 0 Å². The van der Waals surface area contributed by atoms with E-state index in [9.17, 15) is 14.4 Å². The Bertz CT molecular complexity index is 529. The molecule has 0 spiro atoms. The summed E-state index contributed by atoms with van der Waals surface area (Å²) < 4.78 is 0. The second kappa shape index (κ2) is 4.78. The Morgan fingerprint density at radius 3 is 2.72 bits per heavy atom. The Balaban J connectivity index is 2.32. The second-order valence-corrected chi connectivity index (χ2v) is 4.41. The van der Waals surface area contributed by atoms with E-state index in [1.807, 2.05) is 0 Å². The number of aliphatic carboxylic acids is 1. The van der Waals surface area contributed by atoms with E-state index < -0.39 is 23.8 Å². The lowest BCUT2D eigenvalue weighted by Gasteiger charge is -2.19. The lowest BCUT2D eigenvalue weighted by atomic mass is 10.1. The van der Waals surface area contributed by atoms with Crippen LogP contribution in [-0.4, -0.2) is 33.8 Å². The van der Waals surface area contributed by atoms with E-state index in [1.165, 1.54) is 12.1 Å². The summed E-state index contributed by atoms with van der Waals surface area (Å²) in [5.41, 5.74) is 0.212. The van der Waals surface area contributed by atoms with Crippen LogP contribution in [0, 0.1) is 0 Å². The van der Waals surface area contributed by atoms with Gasteiger partial charge in [0.05, 0.1) is 0 Å². The van der Waals surface area contributed by atoms with Crippen LogP contribution in [0.25, 0.3) is 0 Å². The smallest absolute Gasteiger partial charge is 0.326 e. The number of carbonyl (C=O) groups is 3. The van der Waals surface area contributed by atoms with Crippen molar-refractivity contribution in [3.05, 3.63) is 34.9 Å². The average molecular weight is 268 g/mol. The molecule has 1 aromatic rings. The van der Waals surface area contributed by atoms with E-state index in [-0.39, 0.29) is 18.4 Å². The predicted octanol–water partition coefficient (Wildman–Crippen LogP) is 1.56. The van der Waals surface area contributed by atoms with Gasteiger partial charge in [-0.3, -0.25) is 14.5 Å². The highest BCUT2D eigenvalue weighted by Gasteiger charge is 2.40. The van der Waals surface area contributed by atoms with Crippen LogP contribution in [0.15, 0.2) is 24.3 Å². The minimum atomic E-state index is -1.17. The highest BCUT2D eigenvalue weighted by molar-refractivity contribution is 6.31. The van der Waals surface area contributed by atoms with Gasteiger partial charge in [0.15, 0.2) is 0 Å². The van der Waals surface area contributed by atoms with E-state index >= 15 is 0 Å². The molecule has 2 amide bonds. The molecule has 1 aliphatic heterocycles. The zero-order chi connectivity index (χ0) is 13.3. The van der Waals surface area contributed by atoms with Gasteiger partial charge in [-0.15, -0.1) is 0 Å². The van der Waals surface area contributed by atoms with Gasteiger partial charge in [0.25, 0.3) is 5.91 Å². The topological polar surface area (TPSA) is 74.7 Å². The zero-order valence-corrected chi connectivity index (χ0v) is 10.1. The molecule has 0 bridgehead atoms. The highest BCUT2D eigenvalue weighted by atomic mass is 35.5. The molecule has 1 heterocycles.